The van der Waals surface area contributed by atoms with Crippen LogP contribution >= 0.6 is 0 Å². The van der Waals surface area contributed by atoms with Crippen LogP contribution in [0.15, 0.2) is 4.42 Å². The molecule has 3 rings (SSSR count). The Morgan fingerprint density at radius 2 is 1.86 bits per heavy atom. The van der Waals surface area contributed by atoms with E-state index in [1.807, 2.05) is 0 Å². The van der Waals surface area contributed by atoms with Crippen LogP contribution in [-0.2, 0) is 15.9 Å². The first-order valence-corrected chi connectivity index (χ1v) is 8.01. The van der Waals surface area contributed by atoms with Gasteiger partial charge in [-0.05, 0) is 32.6 Å². The number of hydrogen-bond acceptors (Lipinski definition) is 5. The molecule has 2 atom stereocenters. The van der Waals surface area contributed by atoms with Gasteiger partial charge in [0.15, 0.2) is 5.78 Å². The predicted octanol–water partition coefficient (Wildman–Crippen LogP) is 3.22. The Kier molecular flexibility index (Phi) is 4.34. The molecule has 1 heterocycles. The summed E-state index contributed by atoms with van der Waals surface area (Å²) >= 11 is 0. The third-order valence-electron chi connectivity index (χ3n) is 4.69. The third-order valence-corrected chi connectivity index (χ3v) is 4.69. The fourth-order valence-electron chi connectivity index (χ4n) is 3.50. The molecule has 5 nitrogen and oxygen atoms in total. The van der Waals surface area contributed by atoms with Crippen molar-refractivity contribution in [1.29, 1.82) is 0 Å². The van der Waals surface area contributed by atoms with Gasteiger partial charge in [0.2, 0.25) is 5.76 Å². The highest BCUT2D eigenvalue weighted by Crippen LogP contribution is 2.31. The molecule has 0 radical (unpaired) electrons. The van der Waals surface area contributed by atoms with E-state index in [1.165, 1.54) is 0 Å². The maximum absolute atomic E-state index is 12.4. The summed E-state index contributed by atoms with van der Waals surface area (Å²) in [5.41, 5.74) is 1.21. The fourth-order valence-corrected chi connectivity index (χ4v) is 3.50. The first-order valence-electron chi connectivity index (χ1n) is 8.01. The summed E-state index contributed by atoms with van der Waals surface area (Å²) in [7, 11) is 1.65. The summed E-state index contributed by atoms with van der Waals surface area (Å²) in [5, 5.41) is 0. The van der Waals surface area contributed by atoms with Gasteiger partial charge in [0.1, 0.15) is 11.9 Å². The molecule has 1 aromatic rings. The quantitative estimate of drug-likeness (QED) is 0.802. The summed E-state index contributed by atoms with van der Waals surface area (Å²) in [5.74, 6) is 0.399. The number of furan rings is 1. The molecule has 2 aliphatic rings. The molecule has 0 unspecified atom stereocenters. The van der Waals surface area contributed by atoms with Crippen molar-refractivity contribution in [1.82, 2.24) is 0 Å². The fraction of sp³-hybridized carbons (Fsp3) is 0.647. The average Bonchev–Trinajstić information content (AvgIpc) is 2.86. The normalized spacial score (nSPS) is 24.9. The highest BCUT2D eigenvalue weighted by atomic mass is 16.6. The van der Waals surface area contributed by atoms with Crippen LogP contribution in [0.3, 0.4) is 0 Å². The first kappa shape index (κ1) is 15.3. The first-order chi connectivity index (χ1) is 10.6. The molecule has 0 aliphatic heterocycles. The minimum atomic E-state index is -0.478. The standard InChI is InChI=1S/C17H22O5/c1-10-15-11(18)6-5-9-14(15)21-16(10)17(19)22-13-8-4-3-7-12(13)20-2/h12-13H,3-9H2,1-2H3/t12-,13+/m1/s1. The summed E-state index contributed by atoms with van der Waals surface area (Å²) < 4.78 is 16.7. The van der Waals surface area contributed by atoms with E-state index in [9.17, 15) is 9.59 Å². The van der Waals surface area contributed by atoms with Crippen LogP contribution in [0.25, 0.3) is 0 Å². The lowest BCUT2D eigenvalue weighted by atomic mass is 9.93. The van der Waals surface area contributed by atoms with Crippen molar-refractivity contribution >= 4 is 11.8 Å². The molecule has 1 aromatic heterocycles. The van der Waals surface area contributed by atoms with Crippen LogP contribution < -0.4 is 0 Å². The Morgan fingerprint density at radius 1 is 1.14 bits per heavy atom. The largest absolute Gasteiger partial charge is 0.454 e. The number of methoxy groups -OCH3 is 1. The second-order valence-corrected chi connectivity index (χ2v) is 6.13. The minimum Gasteiger partial charge on any atom is -0.454 e. The number of carbonyl (C=O) groups excluding carboxylic acids is 2. The van der Waals surface area contributed by atoms with Crippen LogP contribution in [-0.4, -0.2) is 31.1 Å². The van der Waals surface area contributed by atoms with E-state index in [1.54, 1.807) is 14.0 Å². The molecule has 0 aromatic carbocycles. The second-order valence-electron chi connectivity index (χ2n) is 6.13. The molecule has 5 heteroatoms. The van der Waals surface area contributed by atoms with Gasteiger partial charge in [0, 0.05) is 25.5 Å². The lowest BCUT2D eigenvalue weighted by Crippen LogP contribution is -2.35. The maximum atomic E-state index is 12.4. The van der Waals surface area contributed by atoms with E-state index in [-0.39, 0.29) is 23.8 Å². The number of ketones is 1. The van der Waals surface area contributed by atoms with Gasteiger partial charge in [-0.15, -0.1) is 0 Å². The van der Waals surface area contributed by atoms with Gasteiger partial charge < -0.3 is 13.9 Å². The van der Waals surface area contributed by atoms with E-state index in [2.05, 4.69) is 0 Å². The van der Waals surface area contributed by atoms with Crippen LogP contribution in [0, 0.1) is 6.92 Å². The van der Waals surface area contributed by atoms with E-state index in [0.717, 1.165) is 32.1 Å². The Labute approximate surface area is 130 Å². The van der Waals surface area contributed by atoms with E-state index in [0.29, 0.717) is 29.7 Å². The van der Waals surface area contributed by atoms with Gasteiger partial charge in [-0.25, -0.2) is 4.79 Å². The van der Waals surface area contributed by atoms with Crippen LogP contribution in [0.4, 0.5) is 0 Å². The average molecular weight is 306 g/mol. The number of rotatable bonds is 3. The molecule has 0 amide bonds. The van der Waals surface area contributed by atoms with Crippen molar-refractivity contribution in [3.63, 3.8) is 0 Å². The van der Waals surface area contributed by atoms with E-state index in [4.69, 9.17) is 13.9 Å². The maximum Gasteiger partial charge on any atom is 0.374 e. The van der Waals surface area contributed by atoms with Crippen LogP contribution in [0.5, 0.6) is 0 Å². The summed E-state index contributed by atoms with van der Waals surface area (Å²) in [4.78, 5) is 24.4. The predicted molar refractivity (Wildman–Crippen MR) is 79.2 cm³/mol. The zero-order chi connectivity index (χ0) is 15.7. The molecular formula is C17H22O5. The topological polar surface area (TPSA) is 65.7 Å². The molecule has 2 aliphatic carbocycles. The minimum absolute atomic E-state index is 0.0516. The van der Waals surface area contributed by atoms with E-state index < -0.39 is 5.97 Å². The molecule has 120 valence electrons. The van der Waals surface area contributed by atoms with Gasteiger partial charge >= 0.3 is 5.97 Å². The lowest BCUT2D eigenvalue weighted by molar-refractivity contribution is -0.0554. The van der Waals surface area contributed by atoms with Gasteiger partial charge in [-0.2, -0.15) is 0 Å². The zero-order valence-corrected chi connectivity index (χ0v) is 13.1. The van der Waals surface area contributed by atoms with Crippen LogP contribution in [0.1, 0.15) is 70.8 Å². The van der Waals surface area contributed by atoms with Crippen molar-refractivity contribution < 1.29 is 23.5 Å². The summed E-state index contributed by atoms with van der Waals surface area (Å²) in [6.07, 6.45) is 5.56. The molecular weight excluding hydrogens is 284 g/mol. The number of esters is 1. The SMILES string of the molecule is CO[C@@H]1CCCC[C@@H]1OC(=O)c1oc2c(c1C)C(=O)CCC2. The molecule has 22 heavy (non-hydrogen) atoms. The highest BCUT2D eigenvalue weighted by Gasteiger charge is 2.33. The number of ether oxygens (including phenoxy) is 2. The Balaban J connectivity index is 1.79. The molecule has 0 bridgehead atoms. The second kappa shape index (κ2) is 6.24. The van der Waals surface area contributed by atoms with Crippen molar-refractivity contribution in [2.24, 2.45) is 0 Å². The smallest absolute Gasteiger partial charge is 0.374 e. The van der Waals surface area contributed by atoms with Gasteiger partial charge in [0.25, 0.3) is 0 Å². The number of hydrogen-bond donors (Lipinski definition) is 0. The Bertz CT molecular complexity index is 586. The Hall–Kier alpha value is -1.62. The van der Waals surface area contributed by atoms with Gasteiger partial charge in [-0.3, -0.25) is 4.79 Å². The highest BCUT2D eigenvalue weighted by molar-refractivity contribution is 6.02. The lowest BCUT2D eigenvalue weighted by Gasteiger charge is -2.29. The Morgan fingerprint density at radius 3 is 2.55 bits per heavy atom. The zero-order valence-electron chi connectivity index (χ0n) is 13.1. The van der Waals surface area contributed by atoms with E-state index >= 15 is 0 Å². The van der Waals surface area contributed by atoms with Crippen molar-refractivity contribution in [2.75, 3.05) is 7.11 Å². The summed E-state index contributed by atoms with van der Waals surface area (Å²) in [6, 6.07) is 0. The molecule has 1 saturated carbocycles. The molecule has 0 N–H and O–H groups in total. The van der Waals surface area contributed by atoms with Crippen LogP contribution in [0.2, 0.25) is 0 Å². The van der Waals surface area contributed by atoms with Crippen molar-refractivity contribution in [2.45, 2.75) is 64.1 Å². The van der Waals surface area contributed by atoms with Gasteiger partial charge in [0.05, 0.1) is 11.7 Å². The molecule has 0 saturated heterocycles. The molecule has 0 spiro atoms. The molecule has 1 fully saturated rings. The number of aryl methyl sites for hydroxylation is 1. The number of carbonyl (C=O) groups is 2. The third kappa shape index (κ3) is 2.70. The van der Waals surface area contributed by atoms with Crippen molar-refractivity contribution in [3.05, 3.63) is 22.6 Å². The van der Waals surface area contributed by atoms with Gasteiger partial charge in [-0.1, -0.05) is 6.42 Å². The summed E-state index contributed by atoms with van der Waals surface area (Å²) in [6.45, 7) is 1.76. The number of Topliss-reactive ketones (excluding diaryl/α,β-unsaturated/α-hetero) is 1. The number of fused-ring (bicyclic) bond motifs is 1. The van der Waals surface area contributed by atoms with Crippen molar-refractivity contribution in [3.8, 4) is 0 Å². The monoisotopic (exact) mass is 306 g/mol.